The predicted molar refractivity (Wildman–Crippen MR) is 72.5 cm³/mol. The molecule has 104 valence electrons. The molecule has 0 aliphatic rings. The topological polar surface area (TPSA) is 38.3 Å². The van der Waals surface area contributed by atoms with Crippen molar-refractivity contribution < 1.29 is 18.3 Å². The van der Waals surface area contributed by atoms with Crippen LogP contribution < -0.4 is 10.1 Å². The molecule has 1 amide bonds. The Kier molecular flexibility index (Phi) is 4.53. The van der Waals surface area contributed by atoms with E-state index in [9.17, 15) is 13.6 Å². The van der Waals surface area contributed by atoms with Crippen molar-refractivity contribution in [3.05, 3.63) is 59.1 Å². The Morgan fingerprint density at radius 1 is 1.15 bits per heavy atom. The third-order valence-corrected chi connectivity index (χ3v) is 2.77. The number of hydrogen-bond donors (Lipinski definition) is 1. The molecule has 0 saturated carbocycles. The molecule has 0 aliphatic heterocycles. The first-order valence-electron chi connectivity index (χ1n) is 5.67. The van der Waals surface area contributed by atoms with Crippen molar-refractivity contribution in [3.63, 3.8) is 0 Å². The number of rotatable bonds is 4. The quantitative estimate of drug-likeness (QED) is 0.919. The van der Waals surface area contributed by atoms with Gasteiger partial charge in [-0.05, 0) is 24.3 Å². The van der Waals surface area contributed by atoms with E-state index >= 15 is 0 Å². The third kappa shape index (κ3) is 3.68. The zero-order valence-electron chi connectivity index (χ0n) is 10.1. The van der Waals surface area contributed by atoms with Gasteiger partial charge in [0.05, 0.1) is 10.6 Å². The van der Waals surface area contributed by atoms with Gasteiger partial charge in [-0.1, -0.05) is 29.8 Å². The van der Waals surface area contributed by atoms with Crippen LogP contribution in [0.5, 0.6) is 5.75 Å². The molecule has 2 aromatic carbocycles. The fourth-order valence-electron chi connectivity index (χ4n) is 1.59. The highest BCUT2D eigenvalue weighted by molar-refractivity contribution is 6.34. The molecule has 3 nitrogen and oxygen atoms in total. The molecule has 0 saturated heterocycles. The Bertz CT molecular complexity index is 620. The summed E-state index contributed by atoms with van der Waals surface area (Å²) in [6.07, 6.45) is 0. The smallest absolute Gasteiger partial charge is 0.387 e. The van der Waals surface area contributed by atoms with Crippen molar-refractivity contribution in [2.24, 2.45) is 0 Å². The summed E-state index contributed by atoms with van der Waals surface area (Å²) < 4.78 is 28.5. The Labute approximate surface area is 119 Å². The lowest BCUT2D eigenvalue weighted by molar-refractivity contribution is -0.0497. The first kappa shape index (κ1) is 14.3. The highest BCUT2D eigenvalue weighted by atomic mass is 35.5. The van der Waals surface area contributed by atoms with Gasteiger partial charge in [-0.3, -0.25) is 4.79 Å². The van der Waals surface area contributed by atoms with Crippen LogP contribution in [0, 0.1) is 0 Å². The minimum atomic E-state index is -2.91. The van der Waals surface area contributed by atoms with Crippen molar-refractivity contribution in [3.8, 4) is 5.75 Å². The largest absolute Gasteiger partial charge is 0.435 e. The lowest BCUT2D eigenvalue weighted by Crippen LogP contribution is -2.12. The van der Waals surface area contributed by atoms with Gasteiger partial charge in [0.2, 0.25) is 0 Å². The molecule has 1 N–H and O–H groups in total. The van der Waals surface area contributed by atoms with Gasteiger partial charge in [0.15, 0.2) is 0 Å². The maximum Gasteiger partial charge on any atom is 0.387 e. The van der Waals surface area contributed by atoms with Crippen LogP contribution in [0.2, 0.25) is 5.02 Å². The van der Waals surface area contributed by atoms with Crippen molar-refractivity contribution in [1.29, 1.82) is 0 Å². The second kappa shape index (κ2) is 6.34. The molecule has 6 heteroatoms. The number of hydrogen-bond acceptors (Lipinski definition) is 2. The summed E-state index contributed by atoms with van der Waals surface area (Å²) in [5.41, 5.74) is 0.641. The number of ether oxygens (including phenoxy) is 1. The first-order valence-corrected chi connectivity index (χ1v) is 6.05. The molecule has 0 aliphatic carbocycles. The number of benzene rings is 2. The summed E-state index contributed by atoms with van der Waals surface area (Å²) >= 11 is 5.90. The Morgan fingerprint density at radius 3 is 2.60 bits per heavy atom. The standard InChI is InChI=1S/C14H10ClF2NO2/c15-12-7-2-1-6-11(12)13(19)18-9-4-3-5-10(8-9)20-14(16)17/h1-8,14H,(H,18,19). The van der Waals surface area contributed by atoms with Gasteiger partial charge in [-0.15, -0.1) is 0 Å². The van der Waals surface area contributed by atoms with Crippen LogP contribution in [0.1, 0.15) is 10.4 Å². The van der Waals surface area contributed by atoms with E-state index in [1.807, 2.05) is 0 Å². The Balaban J connectivity index is 2.14. The molecule has 2 aromatic rings. The van der Waals surface area contributed by atoms with Gasteiger partial charge in [-0.2, -0.15) is 8.78 Å². The molecular weight excluding hydrogens is 288 g/mol. The Morgan fingerprint density at radius 2 is 1.90 bits per heavy atom. The van der Waals surface area contributed by atoms with Crippen molar-refractivity contribution in [2.75, 3.05) is 5.32 Å². The highest BCUT2D eigenvalue weighted by Gasteiger charge is 2.11. The molecule has 0 atom stereocenters. The molecule has 0 aromatic heterocycles. The number of anilines is 1. The SMILES string of the molecule is O=C(Nc1cccc(OC(F)F)c1)c1ccccc1Cl. The molecule has 0 spiro atoms. The average molecular weight is 298 g/mol. The number of nitrogens with one attached hydrogen (secondary N) is 1. The number of carbonyl (C=O) groups is 1. The number of carbonyl (C=O) groups excluding carboxylic acids is 1. The molecule has 0 fully saturated rings. The number of alkyl halides is 2. The number of halogens is 3. The van der Waals surface area contributed by atoms with Crippen LogP contribution in [0.15, 0.2) is 48.5 Å². The van der Waals surface area contributed by atoms with Crippen molar-refractivity contribution >= 4 is 23.2 Å². The fourth-order valence-corrected chi connectivity index (χ4v) is 1.82. The molecule has 0 bridgehead atoms. The monoisotopic (exact) mass is 297 g/mol. The van der Waals surface area contributed by atoms with Gasteiger partial charge in [-0.25, -0.2) is 0 Å². The first-order chi connectivity index (χ1) is 9.56. The van der Waals surface area contributed by atoms with Gasteiger partial charge >= 0.3 is 6.61 Å². The maximum absolute atomic E-state index is 12.1. The lowest BCUT2D eigenvalue weighted by Gasteiger charge is -2.09. The summed E-state index contributed by atoms with van der Waals surface area (Å²) in [6, 6.07) is 12.3. The van der Waals surface area contributed by atoms with Crippen LogP contribution in [0.4, 0.5) is 14.5 Å². The minimum absolute atomic E-state index is 0.0306. The van der Waals surface area contributed by atoms with Gasteiger partial charge in [0.25, 0.3) is 5.91 Å². The number of amides is 1. The predicted octanol–water partition coefficient (Wildman–Crippen LogP) is 4.19. The van der Waals surface area contributed by atoms with Gasteiger partial charge < -0.3 is 10.1 Å². The van der Waals surface area contributed by atoms with Crippen molar-refractivity contribution in [1.82, 2.24) is 0 Å². The van der Waals surface area contributed by atoms with Crippen LogP contribution in [0.3, 0.4) is 0 Å². The Hall–Kier alpha value is -2.14. The van der Waals surface area contributed by atoms with Crippen LogP contribution in [-0.4, -0.2) is 12.5 Å². The zero-order valence-corrected chi connectivity index (χ0v) is 10.9. The van der Waals surface area contributed by atoms with E-state index in [0.717, 1.165) is 0 Å². The molecule has 0 unspecified atom stereocenters. The molecule has 20 heavy (non-hydrogen) atoms. The van der Waals surface area contributed by atoms with E-state index in [1.54, 1.807) is 30.3 Å². The van der Waals surface area contributed by atoms with E-state index in [4.69, 9.17) is 11.6 Å². The van der Waals surface area contributed by atoms with Gasteiger partial charge in [0, 0.05) is 11.8 Å². The summed E-state index contributed by atoms with van der Waals surface area (Å²) in [5.74, 6) is -0.457. The molecule has 0 radical (unpaired) electrons. The van der Waals surface area contributed by atoms with E-state index in [-0.39, 0.29) is 5.75 Å². The second-order valence-electron chi connectivity index (χ2n) is 3.84. The third-order valence-electron chi connectivity index (χ3n) is 2.44. The molecule has 0 heterocycles. The summed E-state index contributed by atoms with van der Waals surface area (Å²) in [7, 11) is 0. The van der Waals surface area contributed by atoms with E-state index in [0.29, 0.717) is 16.3 Å². The normalized spacial score (nSPS) is 10.4. The molecular formula is C14H10ClF2NO2. The average Bonchev–Trinajstić information content (AvgIpc) is 2.38. The van der Waals surface area contributed by atoms with Crippen LogP contribution in [-0.2, 0) is 0 Å². The fraction of sp³-hybridized carbons (Fsp3) is 0.0714. The molecule has 2 rings (SSSR count). The van der Waals surface area contributed by atoms with Crippen LogP contribution in [0.25, 0.3) is 0 Å². The zero-order chi connectivity index (χ0) is 14.5. The maximum atomic E-state index is 12.1. The lowest BCUT2D eigenvalue weighted by atomic mass is 10.2. The summed E-state index contributed by atoms with van der Waals surface area (Å²) in [6.45, 7) is -2.91. The highest BCUT2D eigenvalue weighted by Crippen LogP contribution is 2.21. The second-order valence-corrected chi connectivity index (χ2v) is 4.25. The van der Waals surface area contributed by atoms with E-state index in [1.165, 1.54) is 18.2 Å². The summed E-state index contributed by atoms with van der Waals surface area (Å²) in [4.78, 5) is 12.0. The van der Waals surface area contributed by atoms with Gasteiger partial charge in [0.1, 0.15) is 5.75 Å². The van der Waals surface area contributed by atoms with Crippen molar-refractivity contribution in [2.45, 2.75) is 6.61 Å². The summed E-state index contributed by atoms with van der Waals surface area (Å²) in [5, 5.41) is 2.87. The minimum Gasteiger partial charge on any atom is -0.435 e. The van der Waals surface area contributed by atoms with E-state index in [2.05, 4.69) is 10.1 Å². The van der Waals surface area contributed by atoms with E-state index < -0.39 is 12.5 Å². The van der Waals surface area contributed by atoms with Crippen LogP contribution >= 0.6 is 11.6 Å².